The van der Waals surface area contributed by atoms with Gasteiger partial charge in [0.1, 0.15) is 18.3 Å². The van der Waals surface area contributed by atoms with Gasteiger partial charge in [0, 0.05) is 5.69 Å². The summed E-state index contributed by atoms with van der Waals surface area (Å²) in [4.78, 5) is 28.9. The SMILES string of the molecule is Cc1ccc(NC(=O)Cn2cnc3c(cnn3CCO)c2=O)c(C)c1. The van der Waals surface area contributed by atoms with Gasteiger partial charge in [0.05, 0.1) is 19.3 Å². The molecule has 130 valence electrons. The maximum atomic E-state index is 12.5. The van der Waals surface area contributed by atoms with Crippen molar-refractivity contribution in [3.63, 3.8) is 0 Å². The molecule has 8 heteroatoms. The molecule has 0 radical (unpaired) electrons. The summed E-state index contributed by atoms with van der Waals surface area (Å²) in [6.07, 6.45) is 2.72. The van der Waals surface area contributed by atoms with E-state index in [4.69, 9.17) is 5.11 Å². The molecule has 3 aromatic rings. The lowest BCUT2D eigenvalue weighted by molar-refractivity contribution is -0.116. The van der Waals surface area contributed by atoms with Gasteiger partial charge in [-0.25, -0.2) is 9.67 Å². The molecule has 0 unspecified atom stereocenters. The Bertz CT molecular complexity index is 990. The Labute approximate surface area is 143 Å². The molecule has 2 heterocycles. The quantitative estimate of drug-likeness (QED) is 0.716. The van der Waals surface area contributed by atoms with Crippen molar-refractivity contribution in [2.24, 2.45) is 0 Å². The average molecular weight is 341 g/mol. The van der Waals surface area contributed by atoms with Crippen molar-refractivity contribution in [1.29, 1.82) is 0 Å². The fourth-order valence-corrected chi connectivity index (χ4v) is 2.67. The van der Waals surface area contributed by atoms with Crippen molar-refractivity contribution >= 4 is 22.6 Å². The number of aromatic nitrogens is 4. The average Bonchev–Trinajstić information content (AvgIpc) is 2.97. The minimum absolute atomic E-state index is 0.0974. The maximum Gasteiger partial charge on any atom is 0.264 e. The Hall–Kier alpha value is -3.00. The Morgan fingerprint density at radius 1 is 1.32 bits per heavy atom. The topological polar surface area (TPSA) is 102 Å². The first-order chi connectivity index (χ1) is 12.0. The highest BCUT2D eigenvalue weighted by atomic mass is 16.3. The highest BCUT2D eigenvalue weighted by Gasteiger charge is 2.12. The zero-order valence-electron chi connectivity index (χ0n) is 14.1. The van der Waals surface area contributed by atoms with Crippen LogP contribution in [0.1, 0.15) is 11.1 Å². The van der Waals surface area contributed by atoms with Crippen LogP contribution in [0.25, 0.3) is 11.0 Å². The summed E-state index contributed by atoms with van der Waals surface area (Å²) in [7, 11) is 0. The Morgan fingerprint density at radius 2 is 2.12 bits per heavy atom. The first kappa shape index (κ1) is 16.8. The zero-order chi connectivity index (χ0) is 18.0. The van der Waals surface area contributed by atoms with Gasteiger partial charge in [-0.3, -0.25) is 14.2 Å². The van der Waals surface area contributed by atoms with Crippen LogP contribution >= 0.6 is 0 Å². The molecule has 0 spiro atoms. The smallest absolute Gasteiger partial charge is 0.264 e. The summed E-state index contributed by atoms with van der Waals surface area (Å²) in [5, 5.41) is 16.2. The molecule has 0 fully saturated rings. The van der Waals surface area contributed by atoms with Gasteiger partial charge in [-0.15, -0.1) is 0 Å². The number of carbonyl (C=O) groups excluding carboxylic acids is 1. The molecule has 0 atom stereocenters. The number of rotatable bonds is 5. The number of hydrogen-bond donors (Lipinski definition) is 2. The van der Waals surface area contributed by atoms with Crippen molar-refractivity contribution in [2.45, 2.75) is 26.9 Å². The second kappa shape index (κ2) is 6.86. The number of fused-ring (bicyclic) bond motifs is 1. The highest BCUT2D eigenvalue weighted by Crippen LogP contribution is 2.16. The summed E-state index contributed by atoms with van der Waals surface area (Å²) < 4.78 is 2.70. The van der Waals surface area contributed by atoms with E-state index in [0.717, 1.165) is 11.1 Å². The number of nitrogens with zero attached hydrogens (tertiary/aromatic N) is 4. The third-order valence-electron chi connectivity index (χ3n) is 3.90. The van der Waals surface area contributed by atoms with Crippen LogP contribution in [0.3, 0.4) is 0 Å². The molecule has 0 aliphatic rings. The van der Waals surface area contributed by atoms with Gasteiger partial charge in [0.15, 0.2) is 5.65 Å². The number of benzene rings is 1. The van der Waals surface area contributed by atoms with Gasteiger partial charge in [0.25, 0.3) is 5.56 Å². The number of aliphatic hydroxyl groups excluding tert-OH is 1. The van der Waals surface area contributed by atoms with E-state index in [1.807, 2.05) is 32.0 Å². The van der Waals surface area contributed by atoms with E-state index in [1.54, 1.807) is 0 Å². The van der Waals surface area contributed by atoms with E-state index < -0.39 is 0 Å². The zero-order valence-corrected chi connectivity index (χ0v) is 14.1. The number of amides is 1. The van der Waals surface area contributed by atoms with Crippen LogP contribution in [0.15, 0.2) is 35.5 Å². The fourth-order valence-electron chi connectivity index (χ4n) is 2.67. The van der Waals surface area contributed by atoms with E-state index in [-0.39, 0.29) is 31.2 Å². The summed E-state index contributed by atoms with van der Waals surface area (Å²) in [6, 6.07) is 5.73. The monoisotopic (exact) mass is 341 g/mol. The largest absolute Gasteiger partial charge is 0.394 e. The van der Waals surface area contributed by atoms with Gasteiger partial charge in [-0.05, 0) is 25.5 Å². The predicted molar refractivity (Wildman–Crippen MR) is 93.4 cm³/mol. The number of aliphatic hydroxyl groups is 1. The lowest BCUT2D eigenvalue weighted by Crippen LogP contribution is -2.28. The molecule has 0 aliphatic heterocycles. The molecule has 0 saturated carbocycles. The summed E-state index contributed by atoms with van der Waals surface area (Å²) in [5.41, 5.74) is 2.84. The number of carbonyl (C=O) groups is 1. The van der Waals surface area contributed by atoms with E-state index in [1.165, 1.54) is 21.8 Å². The second-order valence-electron chi connectivity index (χ2n) is 5.87. The lowest BCUT2D eigenvalue weighted by Gasteiger charge is -2.10. The van der Waals surface area contributed by atoms with Gasteiger partial charge >= 0.3 is 0 Å². The minimum atomic E-state index is -0.343. The molecule has 3 rings (SSSR count). The molecule has 25 heavy (non-hydrogen) atoms. The van der Waals surface area contributed by atoms with Crippen molar-refractivity contribution in [3.8, 4) is 0 Å². The Morgan fingerprint density at radius 3 is 2.84 bits per heavy atom. The molecular weight excluding hydrogens is 322 g/mol. The third kappa shape index (κ3) is 3.43. The normalized spacial score (nSPS) is 11.0. The van der Waals surface area contributed by atoms with Crippen LogP contribution in [0.5, 0.6) is 0 Å². The molecule has 0 aliphatic carbocycles. The summed E-state index contributed by atoms with van der Waals surface area (Å²) in [5.74, 6) is -0.307. The molecular formula is C17H19N5O3. The number of hydrogen-bond acceptors (Lipinski definition) is 5. The first-order valence-electron chi connectivity index (χ1n) is 7.88. The predicted octanol–water partition coefficient (Wildman–Crippen LogP) is 0.841. The van der Waals surface area contributed by atoms with Crippen LogP contribution < -0.4 is 10.9 Å². The molecule has 0 bridgehead atoms. The van der Waals surface area contributed by atoms with E-state index >= 15 is 0 Å². The van der Waals surface area contributed by atoms with Crippen LogP contribution in [0.2, 0.25) is 0 Å². The molecule has 0 saturated heterocycles. The molecule has 2 aromatic heterocycles. The standard InChI is InChI=1S/C17H19N5O3/c1-11-3-4-14(12(2)7-11)20-15(24)9-21-10-18-16-13(17(21)25)8-19-22(16)5-6-23/h3-4,7-8,10,23H,5-6,9H2,1-2H3,(H,20,24). The van der Waals surface area contributed by atoms with Crippen molar-refractivity contribution in [2.75, 3.05) is 11.9 Å². The van der Waals surface area contributed by atoms with Gasteiger partial charge in [-0.2, -0.15) is 5.10 Å². The Balaban J connectivity index is 1.81. The second-order valence-corrected chi connectivity index (χ2v) is 5.87. The summed E-state index contributed by atoms with van der Waals surface area (Å²) in [6.45, 7) is 3.92. The van der Waals surface area contributed by atoms with Gasteiger partial charge in [0.2, 0.25) is 5.91 Å². The molecule has 1 amide bonds. The summed E-state index contributed by atoms with van der Waals surface area (Å²) >= 11 is 0. The van der Waals surface area contributed by atoms with Gasteiger partial charge < -0.3 is 10.4 Å². The Kier molecular flexibility index (Phi) is 4.62. The van der Waals surface area contributed by atoms with E-state index in [0.29, 0.717) is 16.7 Å². The van der Waals surface area contributed by atoms with E-state index in [2.05, 4.69) is 15.4 Å². The van der Waals surface area contributed by atoms with Crippen LogP contribution in [0, 0.1) is 13.8 Å². The van der Waals surface area contributed by atoms with E-state index in [9.17, 15) is 9.59 Å². The molecule has 1 aromatic carbocycles. The first-order valence-corrected chi connectivity index (χ1v) is 7.88. The molecule has 2 N–H and O–H groups in total. The highest BCUT2D eigenvalue weighted by molar-refractivity contribution is 5.91. The molecule has 8 nitrogen and oxygen atoms in total. The van der Waals surface area contributed by atoms with Crippen LogP contribution in [-0.4, -0.2) is 37.0 Å². The minimum Gasteiger partial charge on any atom is -0.394 e. The van der Waals surface area contributed by atoms with Crippen LogP contribution in [-0.2, 0) is 17.9 Å². The van der Waals surface area contributed by atoms with Gasteiger partial charge in [-0.1, -0.05) is 17.7 Å². The number of nitrogens with one attached hydrogen (secondary N) is 1. The van der Waals surface area contributed by atoms with Crippen molar-refractivity contribution < 1.29 is 9.90 Å². The number of anilines is 1. The van der Waals surface area contributed by atoms with Crippen LogP contribution in [0.4, 0.5) is 5.69 Å². The number of aryl methyl sites for hydroxylation is 2. The van der Waals surface area contributed by atoms with Crippen molar-refractivity contribution in [3.05, 3.63) is 52.2 Å². The van der Waals surface area contributed by atoms with Crippen molar-refractivity contribution in [1.82, 2.24) is 19.3 Å². The third-order valence-corrected chi connectivity index (χ3v) is 3.90. The maximum absolute atomic E-state index is 12.5. The fraction of sp³-hybridized carbons (Fsp3) is 0.294. The lowest BCUT2D eigenvalue weighted by atomic mass is 10.1.